The fraction of sp³-hybridized carbons (Fsp3) is 0.769. The Labute approximate surface area is 114 Å². The van der Waals surface area contributed by atoms with Gasteiger partial charge in [-0.1, -0.05) is 5.16 Å². The van der Waals surface area contributed by atoms with Crippen molar-refractivity contribution in [1.82, 2.24) is 9.46 Å². The zero-order valence-corrected chi connectivity index (χ0v) is 12.4. The van der Waals surface area contributed by atoms with Gasteiger partial charge in [-0.2, -0.15) is 4.31 Å². The average Bonchev–Trinajstić information content (AvgIpc) is 3.19. The Morgan fingerprint density at radius 1 is 1.26 bits per heavy atom. The van der Waals surface area contributed by atoms with Crippen molar-refractivity contribution >= 4 is 10.0 Å². The summed E-state index contributed by atoms with van der Waals surface area (Å²) in [6.07, 6.45) is 4.22. The molecule has 0 spiro atoms. The van der Waals surface area contributed by atoms with E-state index in [0.717, 1.165) is 25.7 Å². The van der Waals surface area contributed by atoms with Crippen molar-refractivity contribution in [2.24, 2.45) is 5.92 Å². The van der Waals surface area contributed by atoms with Crippen LogP contribution in [-0.4, -0.2) is 30.0 Å². The van der Waals surface area contributed by atoms with Crippen LogP contribution in [0.5, 0.6) is 0 Å². The van der Waals surface area contributed by atoms with Crippen molar-refractivity contribution in [3.05, 3.63) is 11.5 Å². The Morgan fingerprint density at radius 2 is 1.89 bits per heavy atom. The van der Waals surface area contributed by atoms with E-state index in [1.807, 2.05) is 6.92 Å². The largest absolute Gasteiger partial charge is 0.360 e. The van der Waals surface area contributed by atoms with Gasteiger partial charge in [0, 0.05) is 12.1 Å². The van der Waals surface area contributed by atoms with Gasteiger partial charge in [-0.3, -0.25) is 0 Å². The van der Waals surface area contributed by atoms with Gasteiger partial charge in [-0.05, 0) is 52.4 Å². The molecule has 19 heavy (non-hydrogen) atoms. The van der Waals surface area contributed by atoms with E-state index in [-0.39, 0.29) is 17.0 Å². The van der Waals surface area contributed by atoms with E-state index in [4.69, 9.17) is 4.52 Å². The first kappa shape index (κ1) is 13.1. The summed E-state index contributed by atoms with van der Waals surface area (Å²) in [6, 6.07) is 0.264. The SMILES string of the molecule is Cc1noc(C)c1S(=O)(=O)N(C1CC1)[C@@H](C)C1CC1. The number of hydrogen-bond acceptors (Lipinski definition) is 4. The maximum atomic E-state index is 12.9. The van der Waals surface area contributed by atoms with Gasteiger partial charge in [0.1, 0.15) is 10.6 Å². The molecular formula is C13H20N2O3S. The molecule has 0 unspecified atom stereocenters. The van der Waals surface area contributed by atoms with E-state index >= 15 is 0 Å². The van der Waals surface area contributed by atoms with Crippen LogP contribution in [0.15, 0.2) is 9.42 Å². The second kappa shape index (κ2) is 4.31. The quantitative estimate of drug-likeness (QED) is 0.832. The summed E-state index contributed by atoms with van der Waals surface area (Å²) >= 11 is 0. The monoisotopic (exact) mass is 284 g/mol. The van der Waals surface area contributed by atoms with E-state index < -0.39 is 10.0 Å². The summed E-state index contributed by atoms with van der Waals surface area (Å²) in [5.74, 6) is 0.919. The van der Waals surface area contributed by atoms with Crippen molar-refractivity contribution in [2.45, 2.75) is 63.4 Å². The molecule has 6 heteroatoms. The van der Waals surface area contributed by atoms with Crippen LogP contribution >= 0.6 is 0 Å². The lowest BCUT2D eigenvalue weighted by Crippen LogP contribution is -2.41. The van der Waals surface area contributed by atoms with E-state index in [1.54, 1.807) is 18.2 Å². The molecule has 5 nitrogen and oxygen atoms in total. The van der Waals surface area contributed by atoms with E-state index in [1.165, 1.54) is 0 Å². The number of hydrogen-bond donors (Lipinski definition) is 0. The third-order valence-electron chi connectivity index (χ3n) is 4.12. The topological polar surface area (TPSA) is 63.4 Å². The highest BCUT2D eigenvalue weighted by Gasteiger charge is 2.47. The van der Waals surface area contributed by atoms with Crippen molar-refractivity contribution in [2.75, 3.05) is 0 Å². The van der Waals surface area contributed by atoms with Crippen molar-refractivity contribution in [1.29, 1.82) is 0 Å². The van der Waals surface area contributed by atoms with Gasteiger partial charge in [-0.15, -0.1) is 0 Å². The molecule has 106 valence electrons. The lowest BCUT2D eigenvalue weighted by Gasteiger charge is -2.28. The molecule has 0 radical (unpaired) electrons. The molecule has 3 rings (SSSR count). The third-order valence-corrected chi connectivity index (χ3v) is 6.40. The highest BCUT2D eigenvalue weighted by atomic mass is 32.2. The van der Waals surface area contributed by atoms with Gasteiger partial charge >= 0.3 is 0 Å². The summed E-state index contributed by atoms with van der Waals surface area (Å²) in [5.41, 5.74) is 0.464. The number of nitrogens with zero attached hydrogens (tertiary/aromatic N) is 2. The predicted molar refractivity (Wildman–Crippen MR) is 70.2 cm³/mol. The van der Waals surface area contributed by atoms with Crippen LogP contribution in [0.25, 0.3) is 0 Å². The smallest absolute Gasteiger partial charge is 0.248 e. The summed E-state index contributed by atoms with van der Waals surface area (Å²) in [7, 11) is -3.48. The second-order valence-electron chi connectivity index (χ2n) is 5.80. The molecule has 2 aliphatic carbocycles. The number of aryl methyl sites for hydroxylation is 2. The molecule has 0 N–H and O–H groups in total. The van der Waals surface area contributed by atoms with Crippen LogP contribution in [0.2, 0.25) is 0 Å². The lowest BCUT2D eigenvalue weighted by molar-refractivity contribution is 0.300. The standard InChI is InChI=1S/C13H20N2O3S/c1-8-13(10(3)18-14-8)19(16,17)15(12-6-7-12)9(2)11-4-5-11/h9,11-12H,4-7H2,1-3H3/t9-/m0/s1. The van der Waals surface area contributed by atoms with Gasteiger partial charge in [0.25, 0.3) is 0 Å². The highest BCUT2D eigenvalue weighted by molar-refractivity contribution is 7.89. The van der Waals surface area contributed by atoms with Crippen LogP contribution in [0.4, 0.5) is 0 Å². The van der Waals surface area contributed by atoms with Gasteiger partial charge in [0.2, 0.25) is 10.0 Å². The van der Waals surface area contributed by atoms with Gasteiger partial charge in [-0.25, -0.2) is 8.42 Å². The molecule has 0 bridgehead atoms. The Kier molecular flexibility index (Phi) is 2.98. The maximum Gasteiger partial charge on any atom is 0.248 e. The first-order valence-electron chi connectivity index (χ1n) is 6.89. The number of rotatable bonds is 5. The zero-order chi connectivity index (χ0) is 13.8. The molecule has 1 atom stereocenters. The minimum Gasteiger partial charge on any atom is -0.360 e. The van der Waals surface area contributed by atoms with Gasteiger partial charge in [0.05, 0.1) is 0 Å². The molecule has 1 aromatic heterocycles. The van der Waals surface area contributed by atoms with Crippen LogP contribution in [-0.2, 0) is 10.0 Å². The Bertz CT molecular complexity index is 566. The molecule has 0 aliphatic heterocycles. The summed E-state index contributed by atoms with van der Waals surface area (Å²) in [6.45, 7) is 5.39. The maximum absolute atomic E-state index is 12.9. The van der Waals surface area contributed by atoms with Crippen molar-refractivity contribution < 1.29 is 12.9 Å². The number of sulfonamides is 1. The molecule has 1 aromatic rings. The van der Waals surface area contributed by atoms with Crippen LogP contribution in [0.1, 0.15) is 44.1 Å². The van der Waals surface area contributed by atoms with Crippen LogP contribution in [0, 0.1) is 19.8 Å². The fourth-order valence-electron chi connectivity index (χ4n) is 2.81. The first-order valence-corrected chi connectivity index (χ1v) is 8.33. The molecule has 0 amide bonds. The van der Waals surface area contributed by atoms with Gasteiger partial charge in [0.15, 0.2) is 5.76 Å². The zero-order valence-electron chi connectivity index (χ0n) is 11.6. The Morgan fingerprint density at radius 3 is 2.32 bits per heavy atom. The van der Waals surface area contributed by atoms with E-state index in [0.29, 0.717) is 17.4 Å². The summed E-state index contributed by atoms with van der Waals surface area (Å²) < 4.78 is 32.6. The minimum absolute atomic E-state index is 0.0891. The molecule has 1 heterocycles. The molecule has 2 aliphatic rings. The molecule has 2 saturated carbocycles. The van der Waals surface area contributed by atoms with E-state index in [2.05, 4.69) is 5.16 Å². The average molecular weight is 284 g/mol. The van der Waals surface area contributed by atoms with Crippen LogP contribution < -0.4 is 0 Å². The Hall–Kier alpha value is -0.880. The number of aromatic nitrogens is 1. The van der Waals surface area contributed by atoms with Crippen LogP contribution in [0.3, 0.4) is 0 Å². The molecular weight excluding hydrogens is 264 g/mol. The van der Waals surface area contributed by atoms with Crippen molar-refractivity contribution in [3.63, 3.8) is 0 Å². The molecule has 2 fully saturated rings. The normalized spacial score (nSPS) is 21.9. The van der Waals surface area contributed by atoms with Crippen molar-refractivity contribution in [3.8, 4) is 0 Å². The second-order valence-corrected chi connectivity index (χ2v) is 7.58. The summed E-state index contributed by atoms with van der Waals surface area (Å²) in [5, 5.41) is 3.78. The summed E-state index contributed by atoms with van der Waals surface area (Å²) in [4.78, 5) is 0.270. The fourth-order valence-corrected chi connectivity index (χ4v) is 5.05. The molecule has 0 aromatic carbocycles. The molecule has 0 saturated heterocycles. The highest BCUT2D eigenvalue weighted by Crippen LogP contribution is 2.43. The predicted octanol–water partition coefficient (Wildman–Crippen LogP) is 2.24. The lowest BCUT2D eigenvalue weighted by atomic mass is 10.2. The first-order chi connectivity index (χ1) is 8.93. The third kappa shape index (κ3) is 2.21. The van der Waals surface area contributed by atoms with Gasteiger partial charge < -0.3 is 4.52 Å². The Balaban J connectivity index is 2.01. The minimum atomic E-state index is -3.48. The van der Waals surface area contributed by atoms with E-state index in [9.17, 15) is 8.42 Å².